The van der Waals surface area contributed by atoms with Crippen LogP contribution in [0.25, 0.3) is 0 Å². The van der Waals surface area contributed by atoms with Crippen molar-refractivity contribution in [1.29, 1.82) is 0 Å². The van der Waals surface area contributed by atoms with Gasteiger partial charge in [-0.15, -0.1) is 0 Å². The van der Waals surface area contributed by atoms with Crippen LogP contribution < -0.4 is 9.47 Å². The van der Waals surface area contributed by atoms with Gasteiger partial charge in [-0.25, -0.2) is 0 Å². The van der Waals surface area contributed by atoms with E-state index in [1.54, 1.807) is 21.3 Å². The van der Waals surface area contributed by atoms with E-state index in [4.69, 9.17) is 14.2 Å². The Labute approximate surface area is 91.0 Å². The maximum atomic E-state index is 5.34. The number of methoxy groups -OCH3 is 3. The van der Waals surface area contributed by atoms with Gasteiger partial charge in [-0.05, 0) is 25.0 Å². The summed E-state index contributed by atoms with van der Waals surface area (Å²) in [5.41, 5.74) is 2.29. The molecule has 0 saturated carbocycles. The average Bonchev–Trinajstić information content (AvgIpc) is 2.25. The summed E-state index contributed by atoms with van der Waals surface area (Å²) in [6.07, 6.45) is 0.831. The van der Waals surface area contributed by atoms with Crippen molar-refractivity contribution in [3.8, 4) is 11.5 Å². The van der Waals surface area contributed by atoms with E-state index in [0.29, 0.717) is 6.61 Å². The minimum Gasteiger partial charge on any atom is -0.493 e. The van der Waals surface area contributed by atoms with Crippen LogP contribution in [0.4, 0.5) is 0 Å². The van der Waals surface area contributed by atoms with Gasteiger partial charge in [0, 0.05) is 12.7 Å². The zero-order valence-electron chi connectivity index (χ0n) is 9.79. The summed E-state index contributed by atoms with van der Waals surface area (Å²) in [7, 11) is 5.00. The maximum Gasteiger partial charge on any atom is 0.163 e. The molecule has 0 amide bonds. The van der Waals surface area contributed by atoms with E-state index < -0.39 is 0 Å². The Hall–Kier alpha value is -1.22. The molecule has 0 aliphatic heterocycles. The van der Waals surface area contributed by atoms with E-state index in [0.717, 1.165) is 23.5 Å². The molecule has 1 aromatic rings. The molecule has 0 aromatic heterocycles. The molecule has 0 aliphatic carbocycles. The van der Waals surface area contributed by atoms with Crippen LogP contribution in [0, 0.1) is 6.92 Å². The van der Waals surface area contributed by atoms with Crippen molar-refractivity contribution in [2.75, 3.05) is 27.9 Å². The second-order valence-corrected chi connectivity index (χ2v) is 3.40. The van der Waals surface area contributed by atoms with E-state index in [1.165, 1.54) is 5.56 Å². The van der Waals surface area contributed by atoms with Crippen molar-refractivity contribution in [1.82, 2.24) is 0 Å². The Morgan fingerprint density at radius 2 is 1.80 bits per heavy atom. The van der Waals surface area contributed by atoms with Crippen LogP contribution in [0.3, 0.4) is 0 Å². The van der Waals surface area contributed by atoms with Crippen LogP contribution in [0.2, 0.25) is 0 Å². The van der Waals surface area contributed by atoms with Gasteiger partial charge in [0.05, 0.1) is 20.8 Å². The first kappa shape index (κ1) is 11.9. The predicted octanol–water partition coefficient (Wildman–Crippen LogP) is 2.20. The van der Waals surface area contributed by atoms with Gasteiger partial charge in [0.25, 0.3) is 0 Å². The van der Waals surface area contributed by atoms with Crippen LogP contribution >= 0.6 is 0 Å². The zero-order valence-corrected chi connectivity index (χ0v) is 9.79. The Balaban J connectivity index is 3.05. The highest BCUT2D eigenvalue weighted by molar-refractivity contribution is 5.49. The number of benzene rings is 1. The molecule has 0 atom stereocenters. The summed E-state index contributed by atoms with van der Waals surface area (Å²) in [6.45, 7) is 2.72. The zero-order chi connectivity index (χ0) is 11.3. The largest absolute Gasteiger partial charge is 0.493 e. The predicted molar refractivity (Wildman–Crippen MR) is 59.9 cm³/mol. The Morgan fingerprint density at radius 3 is 2.33 bits per heavy atom. The number of hydrogen-bond acceptors (Lipinski definition) is 3. The highest BCUT2D eigenvalue weighted by Gasteiger charge is 2.10. The molecule has 0 saturated heterocycles. The van der Waals surface area contributed by atoms with Crippen molar-refractivity contribution in [3.05, 3.63) is 23.3 Å². The smallest absolute Gasteiger partial charge is 0.163 e. The molecule has 15 heavy (non-hydrogen) atoms. The second-order valence-electron chi connectivity index (χ2n) is 3.40. The Bertz CT molecular complexity index is 321. The monoisotopic (exact) mass is 210 g/mol. The van der Waals surface area contributed by atoms with Crippen LogP contribution in [-0.4, -0.2) is 27.9 Å². The van der Waals surface area contributed by atoms with E-state index in [2.05, 4.69) is 6.07 Å². The molecule has 3 heteroatoms. The van der Waals surface area contributed by atoms with Gasteiger partial charge in [-0.1, -0.05) is 6.07 Å². The van der Waals surface area contributed by atoms with Crippen molar-refractivity contribution in [2.45, 2.75) is 13.3 Å². The molecule has 1 rings (SSSR count). The summed E-state index contributed by atoms with van der Waals surface area (Å²) in [5.74, 6) is 1.59. The highest BCUT2D eigenvalue weighted by Crippen LogP contribution is 2.32. The van der Waals surface area contributed by atoms with Crippen molar-refractivity contribution in [3.63, 3.8) is 0 Å². The average molecular weight is 210 g/mol. The molecule has 0 spiro atoms. The molecule has 0 heterocycles. The normalized spacial score (nSPS) is 10.1. The molecule has 0 unspecified atom stereocenters. The minimum absolute atomic E-state index is 0.683. The quantitative estimate of drug-likeness (QED) is 0.745. The van der Waals surface area contributed by atoms with E-state index >= 15 is 0 Å². The van der Waals surface area contributed by atoms with E-state index in [-0.39, 0.29) is 0 Å². The second kappa shape index (κ2) is 5.61. The summed E-state index contributed by atoms with van der Waals surface area (Å²) in [6, 6.07) is 4.06. The lowest BCUT2D eigenvalue weighted by Gasteiger charge is -2.13. The number of hydrogen-bond donors (Lipinski definition) is 0. The van der Waals surface area contributed by atoms with Gasteiger partial charge < -0.3 is 14.2 Å². The minimum atomic E-state index is 0.683. The maximum absolute atomic E-state index is 5.34. The third-order valence-corrected chi connectivity index (χ3v) is 2.28. The first-order valence-corrected chi connectivity index (χ1v) is 4.93. The third-order valence-electron chi connectivity index (χ3n) is 2.28. The summed E-state index contributed by atoms with van der Waals surface area (Å²) >= 11 is 0. The fourth-order valence-corrected chi connectivity index (χ4v) is 1.59. The first-order valence-electron chi connectivity index (χ1n) is 4.93. The molecular formula is C12H18O3. The molecule has 0 aliphatic rings. The molecule has 1 aromatic carbocycles. The fourth-order valence-electron chi connectivity index (χ4n) is 1.59. The Kier molecular flexibility index (Phi) is 4.43. The molecular weight excluding hydrogens is 192 g/mol. The molecule has 84 valence electrons. The molecule has 0 fully saturated rings. The molecule has 0 N–H and O–H groups in total. The van der Waals surface area contributed by atoms with Gasteiger partial charge in [-0.3, -0.25) is 0 Å². The lowest BCUT2D eigenvalue weighted by molar-refractivity contribution is 0.201. The van der Waals surface area contributed by atoms with Crippen LogP contribution in [0.1, 0.15) is 11.1 Å². The summed E-state index contributed by atoms with van der Waals surface area (Å²) in [4.78, 5) is 0. The molecule has 3 nitrogen and oxygen atoms in total. The van der Waals surface area contributed by atoms with E-state index in [1.807, 2.05) is 13.0 Å². The van der Waals surface area contributed by atoms with Crippen molar-refractivity contribution < 1.29 is 14.2 Å². The highest BCUT2D eigenvalue weighted by atomic mass is 16.5. The number of aryl methyl sites for hydroxylation is 1. The van der Waals surface area contributed by atoms with Crippen LogP contribution in [0.15, 0.2) is 12.1 Å². The third kappa shape index (κ3) is 2.86. The number of ether oxygens (including phenoxy) is 3. The van der Waals surface area contributed by atoms with Crippen molar-refractivity contribution >= 4 is 0 Å². The van der Waals surface area contributed by atoms with Gasteiger partial charge >= 0.3 is 0 Å². The van der Waals surface area contributed by atoms with Gasteiger partial charge in [0.1, 0.15) is 0 Å². The van der Waals surface area contributed by atoms with Gasteiger partial charge in [0.15, 0.2) is 11.5 Å². The first-order chi connectivity index (χ1) is 7.22. The van der Waals surface area contributed by atoms with E-state index in [9.17, 15) is 0 Å². The lowest BCUT2D eigenvalue weighted by atomic mass is 10.1. The lowest BCUT2D eigenvalue weighted by Crippen LogP contribution is -2.00. The fraction of sp³-hybridized carbons (Fsp3) is 0.500. The standard InChI is InChI=1S/C12H18O3/c1-9-7-10(5-6-13-2)12(15-4)11(8-9)14-3/h7-8H,5-6H2,1-4H3. The van der Waals surface area contributed by atoms with Crippen LogP contribution in [-0.2, 0) is 11.2 Å². The summed E-state index contributed by atoms with van der Waals surface area (Å²) < 4.78 is 15.7. The SMILES string of the molecule is COCCc1cc(C)cc(OC)c1OC. The van der Waals surface area contributed by atoms with Crippen LogP contribution in [0.5, 0.6) is 11.5 Å². The van der Waals surface area contributed by atoms with Crippen molar-refractivity contribution in [2.24, 2.45) is 0 Å². The molecule has 0 bridgehead atoms. The van der Waals surface area contributed by atoms with Gasteiger partial charge in [0.2, 0.25) is 0 Å². The summed E-state index contributed by atoms with van der Waals surface area (Å²) in [5, 5.41) is 0. The molecule has 0 radical (unpaired) electrons. The number of rotatable bonds is 5. The topological polar surface area (TPSA) is 27.7 Å². The van der Waals surface area contributed by atoms with Gasteiger partial charge in [-0.2, -0.15) is 0 Å². The Morgan fingerprint density at radius 1 is 1.07 bits per heavy atom.